The van der Waals surface area contributed by atoms with Crippen LogP contribution in [0.1, 0.15) is 18.1 Å². The van der Waals surface area contributed by atoms with Crippen LogP contribution >= 0.6 is 0 Å². The van der Waals surface area contributed by atoms with Gasteiger partial charge in [-0.3, -0.25) is 4.90 Å². The van der Waals surface area contributed by atoms with Gasteiger partial charge in [0.2, 0.25) is 0 Å². The molecule has 1 unspecified atom stereocenters. The predicted molar refractivity (Wildman–Crippen MR) is 82.5 cm³/mol. The molecule has 1 aliphatic rings. The van der Waals surface area contributed by atoms with Crippen molar-refractivity contribution in [3.63, 3.8) is 0 Å². The zero-order valence-electron chi connectivity index (χ0n) is 12.8. The molecule has 1 heterocycles. The van der Waals surface area contributed by atoms with Gasteiger partial charge >= 0.3 is 0 Å². The number of aryl methyl sites for hydroxylation is 1. The van der Waals surface area contributed by atoms with Crippen molar-refractivity contribution < 1.29 is 14.6 Å². The molecule has 0 bridgehead atoms. The van der Waals surface area contributed by atoms with Crippen LogP contribution in [0.3, 0.4) is 0 Å². The van der Waals surface area contributed by atoms with Gasteiger partial charge in [0.25, 0.3) is 0 Å². The molecule has 1 atom stereocenters. The first-order chi connectivity index (χ1) is 10.2. The first-order valence-electron chi connectivity index (χ1n) is 7.40. The molecule has 0 radical (unpaired) electrons. The Morgan fingerprint density at radius 2 is 2.33 bits per heavy atom. The van der Waals surface area contributed by atoms with Crippen LogP contribution in [0, 0.1) is 18.8 Å². The molecule has 21 heavy (non-hydrogen) atoms. The van der Waals surface area contributed by atoms with Gasteiger partial charge in [-0.1, -0.05) is 18.8 Å². The quantitative estimate of drug-likeness (QED) is 0.852. The van der Waals surface area contributed by atoms with E-state index in [0.29, 0.717) is 6.61 Å². The Hall–Kier alpha value is -1.54. The minimum atomic E-state index is -0.121. The molecule has 1 aromatic rings. The molecule has 4 heteroatoms. The molecule has 2 rings (SSSR count). The summed E-state index contributed by atoms with van der Waals surface area (Å²) in [6.45, 7) is 8.37. The average molecular weight is 289 g/mol. The molecule has 0 spiro atoms. The number of ether oxygens (including phenoxy) is 2. The van der Waals surface area contributed by atoms with Gasteiger partial charge in [0.05, 0.1) is 6.61 Å². The minimum Gasteiger partial charge on any atom is -0.491 e. The van der Waals surface area contributed by atoms with E-state index < -0.39 is 0 Å². The second-order valence-corrected chi connectivity index (χ2v) is 5.14. The topological polar surface area (TPSA) is 41.9 Å². The number of nitrogens with zero attached hydrogens (tertiary/aromatic N) is 1. The molecule has 114 valence electrons. The number of rotatable bonds is 4. The summed E-state index contributed by atoms with van der Waals surface area (Å²) >= 11 is 0. The van der Waals surface area contributed by atoms with Crippen molar-refractivity contribution >= 4 is 0 Å². The Labute approximate surface area is 126 Å². The van der Waals surface area contributed by atoms with Crippen molar-refractivity contribution in [1.82, 2.24) is 4.90 Å². The molecule has 4 nitrogen and oxygen atoms in total. The zero-order valence-corrected chi connectivity index (χ0v) is 12.8. The summed E-state index contributed by atoms with van der Waals surface area (Å²) in [4.78, 5) is 2.37. The van der Waals surface area contributed by atoms with E-state index >= 15 is 0 Å². The Kier molecular flexibility index (Phi) is 6.06. The second kappa shape index (κ2) is 8.04. The van der Waals surface area contributed by atoms with Gasteiger partial charge in [0, 0.05) is 18.7 Å². The van der Waals surface area contributed by atoms with Gasteiger partial charge in [0.15, 0.2) is 0 Å². The number of aliphatic hydroxyl groups excluding tert-OH is 1. The second-order valence-electron chi connectivity index (χ2n) is 5.14. The first kappa shape index (κ1) is 15.8. The van der Waals surface area contributed by atoms with Crippen LogP contribution in [0.5, 0.6) is 5.75 Å². The lowest BCUT2D eigenvalue weighted by molar-refractivity contribution is -0.0464. The monoisotopic (exact) mass is 289 g/mol. The fourth-order valence-electron chi connectivity index (χ4n) is 2.38. The normalized spacial score (nSPS) is 18.9. The van der Waals surface area contributed by atoms with Crippen molar-refractivity contribution in [2.24, 2.45) is 0 Å². The van der Waals surface area contributed by atoms with Gasteiger partial charge in [-0.15, -0.1) is 0 Å². The van der Waals surface area contributed by atoms with E-state index in [1.807, 2.05) is 25.1 Å². The molecular formula is C17H23NO3. The number of aliphatic hydroxyl groups is 1. The van der Waals surface area contributed by atoms with Crippen molar-refractivity contribution in [2.75, 3.05) is 39.5 Å². The van der Waals surface area contributed by atoms with Crippen LogP contribution in [-0.4, -0.2) is 55.6 Å². The molecule has 0 aromatic heterocycles. The van der Waals surface area contributed by atoms with E-state index in [9.17, 15) is 0 Å². The zero-order chi connectivity index (χ0) is 15.1. The summed E-state index contributed by atoms with van der Waals surface area (Å²) in [5, 5.41) is 8.71. The number of likely N-dealkylation sites (N-methyl/N-ethyl adjacent to an activating group) is 1. The van der Waals surface area contributed by atoms with Gasteiger partial charge in [-0.2, -0.15) is 0 Å². The molecule has 0 aliphatic carbocycles. The molecule has 0 amide bonds. The van der Waals surface area contributed by atoms with Crippen molar-refractivity contribution in [2.45, 2.75) is 20.0 Å². The SMILES string of the molecule is CCN1CCOC(COc2ccc(C#CCO)cc2C)C1. The van der Waals surface area contributed by atoms with Gasteiger partial charge in [0.1, 0.15) is 25.1 Å². The Balaban J connectivity index is 1.91. The van der Waals surface area contributed by atoms with Crippen molar-refractivity contribution in [3.05, 3.63) is 29.3 Å². The van der Waals surface area contributed by atoms with Crippen LogP contribution in [0.4, 0.5) is 0 Å². The highest BCUT2D eigenvalue weighted by Gasteiger charge is 2.19. The minimum absolute atomic E-state index is 0.121. The smallest absolute Gasteiger partial charge is 0.122 e. The summed E-state index contributed by atoms with van der Waals surface area (Å²) in [5.41, 5.74) is 1.93. The summed E-state index contributed by atoms with van der Waals surface area (Å²) in [6, 6.07) is 5.81. The van der Waals surface area contributed by atoms with E-state index in [1.54, 1.807) is 0 Å². The maximum Gasteiger partial charge on any atom is 0.122 e. The van der Waals surface area contributed by atoms with Gasteiger partial charge in [-0.25, -0.2) is 0 Å². The van der Waals surface area contributed by atoms with Crippen LogP contribution in [0.15, 0.2) is 18.2 Å². The summed E-state index contributed by atoms with van der Waals surface area (Å²) in [7, 11) is 0. The number of morpholine rings is 1. The number of hydrogen-bond donors (Lipinski definition) is 1. The Bertz CT molecular complexity index is 519. The Morgan fingerprint density at radius 3 is 3.05 bits per heavy atom. The van der Waals surface area contributed by atoms with E-state index in [-0.39, 0.29) is 12.7 Å². The van der Waals surface area contributed by atoms with Crippen LogP contribution in [0.2, 0.25) is 0 Å². The summed E-state index contributed by atoms with van der Waals surface area (Å²) in [6.07, 6.45) is 0.131. The average Bonchev–Trinajstić information content (AvgIpc) is 2.52. The third kappa shape index (κ3) is 4.75. The van der Waals surface area contributed by atoms with E-state index in [0.717, 1.165) is 43.1 Å². The van der Waals surface area contributed by atoms with Crippen molar-refractivity contribution in [3.8, 4) is 17.6 Å². The third-order valence-electron chi connectivity index (χ3n) is 3.58. The molecule has 1 saturated heterocycles. The first-order valence-corrected chi connectivity index (χ1v) is 7.40. The van der Waals surface area contributed by atoms with Crippen molar-refractivity contribution in [1.29, 1.82) is 0 Å². The highest BCUT2D eigenvalue weighted by Crippen LogP contribution is 2.19. The van der Waals surface area contributed by atoms with E-state index in [2.05, 4.69) is 23.7 Å². The Morgan fingerprint density at radius 1 is 1.48 bits per heavy atom. The lowest BCUT2D eigenvalue weighted by Gasteiger charge is -2.31. The molecule has 0 saturated carbocycles. The molecule has 1 fully saturated rings. The fraction of sp³-hybridized carbons (Fsp3) is 0.529. The highest BCUT2D eigenvalue weighted by atomic mass is 16.5. The summed E-state index contributed by atoms with van der Waals surface area (Å²) in [5.74, 6) is 6.40. The maximum absolute atomic E-state index is 8.71. The van der Waals surface area contributed by atoms with E-state index in [1.165, 1.54) is 0 Å². The standard InChI is InChI=1S/C17H23NO3/c1-3-18-8-10-20-16(12-18)13-21-17-7-6-15(5-4-9-19)11-14(17)2/h6-7,11,16,19H,3,8-10,12-13H2,1-2H3. The van der Waals surface area contributed by atoms with E-state index in [4.69, 9.17) is 14.6 Å². The van der Waals surface area contributed by atoms with Gasteiger partial charge in [-0.05, 0) is 37.2 Å². The molecular weight excluding hydrogens is 266 g/mol. The van der Waals surface area contributed by atoms with Gasteiger partial charge < -0.3 is 14.6 Å². The highest BCUT2D eigenvalue weighted by molar-refractivity contribution is 5.43. The largest absolute Gasteiger partial charge is 0.491 e. The maximum atomic E-state index is 8.71. The molecule has 1 N–H and O–H groups in total. The van der Waals surface area contributed by atoms with Crippen LogP contribution in [0.25, 0.3) is 0 Å². The van der Waals surface area contributed by atoms with Crippen LogP contribution < -0.4 is 4.74 Å². The third-order valence-corrected chi connectivity index (χ3v) is 3.58. The lowest BCUT2D eigenvalue weighted by atomic mass is 10.1. The lowest BCUT2D eigenvalue weighted by Crippen LogP contribution is -2.44. The number of benzene rings is 1. The fourth-order valence-corrected chi connectivity index (χ4v) is 2.38. The van der Waals surface area contributed by atoms with Crippen LogP contribution in [-0.2, 0) is 4.74 Å². The number of hydrogen-bond acceptors (Lipinski definition) is 4. The predicted octanol–water partition coefficient (Wildman–Crippen LogP) is 1.44. The molecule has 1 aliphatic heterocycles. The molecule has 1 aromatic carbocycles. The summed E-state index contributed by atoms with van der Waals surface area (Å²) < 4.78 is 11.6.